The van der Waals surface area contributed by atoms with Gasteiger partial charge in [-0.25, -0.2) is 0 Å². The largest absolute Gasteiger partial charge is 0.493 e. The maximum Gasteiger partial charge on any atom is 0.261 e. The summed E-state index contributed by atoms with van der Waals surface area (Å²) in [6.45, 7) is 2.02. The van der Waals surface area contributed by atoms with Crippen molar-refractivity contribution in [3.05, 3.63) is 53.6 Å². The summed E-state index contributed by atoms with van der Waals surface area (Å²) in [5.41, 5.74) is 2.48. The fourth-order valence-electron chi connectivity index (χ4n) is 2.40. The number of hydrogen-bond donors (Lipinski definition) is 1. The van der Waals surface area contributed by atoms with Gasteiger partial charge in [0.2, 0.25) is 5.13 Å². The van der Waals surface area contributed by atoms with Crippen molar-refractivity contribution >= 4 is 22.4 Å². The van der Waals surface area contributed by atoms with Gasteiger partial charge in [-0.15, -0.1) is 10.2 Å². The lowest BCUT2D eigenvalue weighted by molar-refractivity contribution is 0.102. The molecule has 3 rings (SSSR count). The summed E-state index contributed by atoms with van der Waals surface area (Å²) < 4.78 is 10.5. The molecule has 1 N–H and O–H groups in total. The molecule has 3 aromatic rings. The SMILES string of the molecule is COc1cccc(C(=O)Nc2nnc(-c3cccc(C)c3)s2)c1OC. The van der Waals surface area contributed by atoms with Gasteiger partial charge in [0.15, 0.2) is 11.5 Å². The molecule has 1 amide bonds. The second kappa shape index (κ2) is 7.31. The van der Waals surface area contributed by atoms with Gasteiger partial charge in [-0.2, -0.15) is 0 Å². The molecular formula is C18H17N3O3S. The Morgan fingerprint density at radius 1 is 1.08 bits per heavy atom. The van der Waals surface area contributed by atoms with E-state index in [0.29, 0.717) is 22.2 Å². The van der Waals surface area contributed by atoms with Crippen molar-refractivity contribution in [3.8, 4) is 22.1 Å². The average molecular weight is 355 g/mol. The topological polar surface area (TPSA) is 73.3 Å². The highest BCUT2D eigenvalue weighted by Gasteiger charge is 2.18. The molecule has 0 atom stereocenters. The molecule has 0 aliphatic carbocycles. The Bertz CT molecular complexity index is 908. The minimum atomic E-state index is -0.331. The summed E-state index contributed by atoms with van der Waals surface area (Å²) in [4.78, 5) is 12.6. The third-order valence-electron chi connectivity index (χ3n) is 3.56. The summed E-state index contributed by atoms with van der Waals surface area (Å²) in [6.07, 6.45) is 0. The quantitative estimate of drug-likeness (QED) is 0.754. The number of aromatic nitrogens is 2. The first kappa shape index (κ1) is 16.9. The predicted octanol–water partition coefficient (Wildman–Crippen LogP) is 3.78. The van der Waals surface area contributed by atoms with Crippen LogP contribution in [0.3, 0.4) is 0 Å². The van der Waals surface area contributed by atoms with Gasteiger partial charge in [0.25, 0.3) is 5.91 Å². The van der Waals surface area contributed by atoms with Crippen LogP contribution in [0.1, 0.15) is 15.9 Å². The molecule has 6 nitrogen and oxygen atoms in total. The molecule has 7 heteroatoms. The van der Waals surface area contributed by atoms with E-state index in [2.05, 4.69) is 15.5 Å². The number of hydrogen-bond acceptors (Lipinski definition) is 6. The van der Waals surface area contributed by atoms with E-state index in [1.165, 1.54) is 25.6 Å². The standard InChI is InChI=1S/C18H17N3O3S/c1-11-6-4-7-12(10-11)17-20-21-18(25-17)19-16(22)13-8-5-9-14(23-2)15(13)24-3/h4-10H,1-3H3,(H,19,21,22). The van der Waals surface area contributed by atoms with Crippen molar-refractivity contribution in [2.45, 2.75) is 6.92 Å². The Hall–Kier alpha value is -2.93. The summed E-state index contributed by atoms with van der Waals surface area (Å²) in [5.74, 6) is 0.543. The molecule has 128 valence electrons. The third-order valence-corrected chi connectivity index (χ3v) is 4.45. The van der Waals surface area contributed by atoms with Crippen molar-refractivity contribution in [1.82, 2.24) is 10.2 Å². The molecular weight excluding hydrogens is 338 g/mol. The van der Waals surface area contributed by atoms with Crippen LogP contribution in [0.5, 0.6) is 11.5 Å². The van der Waals surface area contributed by atoms with Crippen LogP contribution in [0.15, 0.2) is 42.5 Å². The second-order valence-corrected chi connectivity index (χ2v) is 6.25. The summed E-state index contributed by atoms with van der Waals surface area (Å²) in [5, 5.41) is 12.1. The number of nitrogens with zero attached hydrogens (tertiary/aromatic N) is 2. The van der Waals surface area contributed by atoms with Gasteiger partial charge in [-0.05, 0) is 25.1 Å². The Morgan fingerprint density at radius 2 is 1.88 bits per heavy atom. The van der Waals surface area contributed by atoms with E-state index in [1.54, 1.807) is 18.2 Å². The molecule has 0 saturated heterocycles. The van der Waals surface area contributed by atoms with Crippen molar-refractivity contribution in [2.75, 3.05) is 19.5 Å². The zero-order chi connectivity index (χ0) is 17.8. The molecule has 1 aromatic heterocycles. The molecule has 2 aromatic carbocycles. The van der Waals surface area contributed by atoms with Crippen molar-refractivity contribution in [3.63, 3.8) is 0 Å². The van der Waals surface area contributed by atoms with E-state index >= 15 is 0 Å². The second-order valence-electron chi connectivity index (χ2n) is 5.28. The van der Waals surface area contributed by atoms with Crippen molar-refractivity contribution < 1.29 is 14.3 Å². The molecule has 0 bridgehead atoms. The predicted molar refractivity (Wildman–Crippen MR) is 97.6 cm³/mol. The normalized spacial score (nSPS) is 10.4. The molecule has 0 fully saturated rings. The molecule has 1 heterocycles. The fourth-order valence-corrected chi connectivity index (χ4v) is 3.13. The van der Waals surface area contributed by atoms with Crippen LogP contribution >= 0.6 is 11.3 Å². The molecule has 0 aliphatic rings. The van der Waals surface area contributed by atoms with Gasteiger partial charge in [0.1, 0.15) is 5.01 Å². The number of carbonyl (C=O) groups is 1. The lowest BCUT2D eigenvalue weighted by Gasteiger charge is -2.11. The highest BCUT2D eigenvalue weighted by atomic mass is 32.1. The highest BCUT2D eigenvalue weighted by Crippen LogP contribution is 2.32. The van der Waals surface area contributed by atoms with Crippen LogP contribution in [0.25, 0.3) is 10.6 Å². The van der Waals surface area contributed by atoms with Gasteiger partial charge in [0.05, 0.1) is 19.8 Å². The van der Waals surface area contributed by atoms with E-state index in [9.17, 15) is 4.79 Å². The van der Waals surface area contributed by atoms with Crippen LogP contribution in [-0.4, -0.2) is 30.3 Å². The van der Waals surface area contributed by atoms with Crippen LogP contribution in [0.2, 0.25) is 0 Å². The van der Waals surface area contributed by atoms with Crippen molar-refractivity contribution in [1.29, 1.82) is 0 Å². The number of para-hydroxylation sites is 1. The number of amides is 1. The Balaban J connectivity index is 1.83. The maximum absolute atomic E-state index is 12.6. The number of methoxy groups -OCH3 is 2. The number of nitrogens with one attached hydrogen (secondary N) is 1. The lowest BCUT2D eigenvalue weighted by atomic mass is 10.1. The van der Waals surface area contributed by atoms with E-state index in [0.717, 1.165) is 16.1 Å². The van der Waals surface area contributed by atoms with Gasteiger partial charge in [0, 0.05) is 5.56 Å². The van der Waals surface area contributed by atoms with Crippen LogP contribution < -0.4 is 14.8 Å². The number of anilines is 1. The number of benzene rings is 2. The minimum Gasteiger partial charge on any atom is -0.493 e. The zero-order valence-electron chi connectivity index (χ0n) is 14.1. The smallest absolute Gasteiger partial charge is 0.261 e. The Kier molecular flexibility index (Phi) is 4.95. The van der Waals surface area contributed by atoms with Crippen LogP contribution in [-0.2, 0) is 0 Å². The number of ether oxygens (including phenoxy) is 2. The molecule has 0 aliphatic heterocycles. The first-order chi connectivity index (χ1) is 12.1. The summed E-state index contributed by atoms with van der Waals surface area (Å²) >= 11 is 1.31. The molecule has 0 saturated carbocycles. The van der Waals surface area contributed by atoms with Crippen LogP contribution in [0.4, 0.5) is 5.13 Å². The number of aryl methyl sites for hydroxylation is 1. The fraction of sp³-hybridized carbons (Fsp3) is 0.167. The van der Waals surface area contributed by atoms with Crippen molar-refractivity contribution in [2.24, 2.45) is 0 Å². The van der Waals surface area contributed by atoms with E-state index < -0.39 is 0 Å². The van der Waals surface area contributed by atoms with Gasteiger partial charge in [-0.3, -0.25) is 10.1 Å². The first-order valence-electron chi connectivity index (χ1n) is 7.55. The monoisotopic (exact) mass is 355 g/mol. The maximum atomic E-state index is 12.6. The van der Waals surface area contributed by atoms with E-state index in [1.807, 2.05) is 31.2 Å². The third kappa shape index (κ3) is 3.61. The van der Waals surface area contributed by atoms with Gasteiger partial charge in [-0.1, -0.05) is 41.2 Å². The number of carbonyl (C=O) groups excluding carboxylic acids is 1. The Labute approximate surface area is 149 Å². The first-order valence-corrected chi connectivity index (χ1v) is 8.37. The van der Waals surface area contributed by atoms with Crippen LogP contribution in [0, 0.1) is 6.92 Å². The number of rotatable bonds is 5. The summed E-state index contributed by atoms with van der Waals surface area (Å²) in [6, 6.07) is 13.1. The zero-order valence-corrected chi connectivity index (χ0v) is 14.9. The highest BCUT2D eigenvalue weighted by molar-refractivity contribution is 7.18. The lowest BCUT2D eigenvalue weighted by Crippen LogP contribution is -2.13. The Morgan fingerprint density at radius 3 is 2.60 bits per heavy atom. The molecule has 25 heavy (non-hydrogen) atoms. The average Bonchev–Trinajstić information content (AvgIpc) is 3.09. The molecule has 0 unspecified atom stereocenters. The van der Waals surface area contributed by atoms with E-state index in [4.69, 9.17) is 9.47 Å². The van der Waals surface area contributed by atoms with Gasteiger partial charge < -0.3 is 9.47 Å². The molecule has 0 radical (unpaired) electrons. The molecule has 0 spiro atoms. The summed E-state index contributed by atoms with van der Waals surface area (Å²) in [7, 11) is 3.02. The van der Waals surface area contributed by atoms with E-state index in [-0.39, 0.29) is 5.91 Å². The minimum absolute atomic E-state index is 0.331. The van der Waals surface area contributed by atoms with Gasteiger partial charge >= 0.3 is 0 Å².